The largest absolute Gasteiger partial charge is 0.371 e. The summed E-state index contributed by atoms with van der Waals surface area (Å²) in [4.78, 5) is 0. The van der Waals surface area contributed by atoms with Gasteiger partial charge < -0.3 is 4.74 Å². The topological polar surface area (TPSA) is 9.23 Å². The molecule has 1 nitrogen and oxygen atoms in total. The third-order valence-electron chi connectivity index (χ3n) is 0.414. The molecule has 49 valence electrons. The van der Waals surface area contributed by atoms with E-state index >= 15 is 0 Å². The van der Waals surface area contributed by atoms with E-state index in [0.29, 0.717) is 0 Å². The maximum atomic E-state index is 5.30. The van der Waals surface area contributed by atoms with Crippen LogP contribution in [-0.4, -0.2) is 10.4 Å². The highest BCUT2D eigenvalue weighted by molar-refractivity contribution is 6.67. The molecule has 0 saturated heterocycles. The van der Waals surface area contributed by atoms with Crippen LogP contribution in [0.4, 0.5) is 0 Å². The summed E-state index contributed by atoms with van der Waals surface area (Å²) in [5.74, 6) is 0. The normalized spacial score (nSPS) is 12.0. The van der Waals surface area contributed by atoms with Crippen molar-refractivity contribution >= 4 is 34.8 Å². The van der Waals surface area contributed by atoms with Gasteiger partial charge in [0.25, 0.3) is 0 Å². The fourth-order valence-corrected chi connectivity index (χ4v) is 0.367. The van der Waals surface area contributed by atoms with Crippen LogP contribution in [0.3, 0.4) is 0 Å². The predicted molar refractivity (Wildman–Crippen MR) is 36.2 cm³/mol. The lowest BCUT2D eigenvalue weighted by Crippen LogP contribution is -2.10. The molecule has 0 aliphatic carbocycles. The summed E-state index contributed by atoms with van der Waals surface area (Å²) in [5, 5.41) is 0. The fraction of sp³-hybridized carbons (Fsp3) is 0.750. The molecule has 0 saturated carbocycles. The van der Waals surface area contributed by atoms with E-state index in [-0.39, 0.29) is 6.61 Å². The molecule has 0 aromatic rings. The molecule has 0 bridgehead atoms. The molecular formula is C4H6Cl3O. The lowest BCUT2D eigenvalue weighted by Gasteiger charge is -2.08. The Labute approximate surface area is 63.9 Å². The van der Waals surface area contributed by atoms with Crippen molar-refractivity contribution in [1.82, 2.24) is 0 Å². The SMILES string of the molecule is C[CH]OCC(Cl)(Cl)Cl. The molecule has 0 atom stereocenters. The Balaban J connectivity index is 3.11. The molecule has 1 radical (unpaired) electrons. The Morgan fingerprint density at radius 1 is 1.50 bits per heavy atom. The van der Waals surface area contributed by atoms with Crippen LogP contribution >= 0.6 is 34.8 Å². The Bertz CT molecular complexity index is 58.8. The monoisotopic (exact) mass is 175 g/mol. The Kier molecular flexibility index (Phi) is 4.17. The van der Waals surface area contributed by atoms with Gasteiger partial charge >= 0.3 is 0 Å². The molecule has 8 heavy (non-hydrogen) atoms. The summed E-state index contributed by atoms with van der Waals surface area (Å²) in [6.07, 6.45) is 0. The summed E-state index contributed by atoms with van der Waals surface area (Å²) in [6, 6.07) is 0. The number of hydrogen-bond acceptors (Lipinski definition) is 1. The second-order valence-corrected chi connectivity index (χ2v) is 3.68. The van der Waals surface area contributed by atoms with Crippen LogP contribution in [0.5, 0.6) is 0 Å². The first-order valence-corrected chi connectivity index (χ1v) is 3.16. The highest BCUT2D eigenvalue weighted by Gasteiger charge is 2.18. The molecule has 0 unspecified atom stereocenters. The van der Waals surface area contributed by atoms with Gasteiger partial charge in [0.1, 0.15) is 0 Å². The smallest absolute Gasteiger partial charge is 0.213 e. The lowest BCUT2D eigenvalue weighted by molar-refractivity contribution is 0.210. The van der Waals surface area contributed by atoms with E-state index in [0.717, 1.165) is 0 Å². The number of alkyl halides is 3. The first-order valence-electron chi connectivity index (χ1n) is 2.02. The summed E-state index contributed by atoms with van der Waals surface area (Å²) in [5.41, 5.74) is 0. The summed E-state index contributed by atoms with van der Waals surface area (Å²) < 4.78 is 3.39. The molecular weight excluding hydrogens is 170 g/mol. The first-order chi connectivity index (χ1) is 3.56. The average molecular weight is 176 g/mol. The molecule has 0 aliphatic rings. The van der Waals surface area contributed by atoms with Gasteiger partial charge in [0.15, 0.2) is 0 Å². The van der Waals surface area contributed by atoms with Gasteiger partial charge in [0.2, 0.25) is 3.79 Å². The van der Waals surface area contributed by atoms with Crippen LogP contribution in [0.1, 0.15) is 6.92 Å². The van der Waals surface area contributed by atoms with E-state index in [2.05, 4.69) is 4.74 Å². The van der Waals surface area contributed by atoms with Crippen LogP contribution in [0.25, 0.3) is 0 Å². The van der Waals surface area contributed by atoms with Crippen LogP contribution in [0.2, 0.25) is 0 Å². The van der Waals surface area contributed by atoms with Gasteiger partial charge in [-0.1, -0.05) is 34.8 Å². The maximum Gasteiger partial charge on any atom is 0.213 e. The number of rotatable bonds is 2. The second-order valence-electron chi connectivity index (χ2n) is 1.16. The zero-order valence-corrected chi connectivity index (χ0v) is 6.59. The van der Waals surface area contributed by atoms with Crippen molar-refractivity contribution in [2.45, 2.75) is 10.7 Å². The molecule has 0 aromatic carbocycles. The third kappa shape index (κ3) is 6.83. The lowest BCUT2D eigenvalue weighted by atomic mass is 10.8. The summed E-state index contributed by atoms with van der Waals surface area (Å²) >= 11 is 15.9. The van der Waals surface area contributed by atoms with Crippen molar-refractivity contribution in [2.24, 2.45) is 0 Å². The van der Waals surface area contributed by atoms with Crippen molar-refractivity contribution in [3.05, 3.63) is 6.61 Å². The van der Waals surface area contributed by atoms with Crippen molar-refractivity contribution in [3.8, 4) is 0 Å². The van der Waals surface area contributed by atoms with Gasteiger partial charge in [-0.2, -0.15) is 0 Å². The Morgan fingerprint density at radius 2 is 2.00 bits per heavy atom. The highest BCUT2D eigenvalue weighted by Crippen LogP contribution is 2.25. The van der Waals surface area contributed by atoms with Crippen molar-refractivity contribution in [2.75, 3.05) is 6.61 Å². The van der Waals surface area contributed by atoms with E-state index in [1.165, 1.54) is 6.61 Å². The standard InChI is InChI=1S/C4H6Cl3O/c1-2-8-3-4(5,6)7/h2H,3H2,1H3. The molecule has 0 rings (SSSR count). The van der Waals surface area contributed by atoms with Crippen molar-refractivity contribution < 1.29 is 4.74 Å². The predicted octanol–water partition coefficient (Wildman–Crippen LogP) is 2.55. The van der Waals surface area contributed by atoms with E-state index in [1.54, 1.807) is 6.92 Å². The van der Waals surface area contributed by atoms with Gasteiger partial charge in [-0.25, -0.2) is 0 Å². The molecule has 0 N–H and O–H groups in total. The van der Waals surface area contributed by atoms with Gasteiger partial charge in [-0.3, -0.25) is 0 Å². The minimum absolute atomic E-state index is 0.105. The third-order valence-corrected chi connectivity index (χ3v) is 0.741. The second kappa shape index (κ2) is 3.78. The molecule has 0 aromatic heterocycles. The molecule has 0 spiro atoms. The van der Waals surface area contributed by atoms with E-state index in [1.807, 2.05) is 0 Å². The van der Waals surface area contributed by atoms with Gasteiger partial charge in [-0.05, 0) is 6.92 Å². The Morgan fingerprint density at radius 3 is 2.12 bits per heavy atom. The zero-order valence-electron chi connectivity index (χ0n) is 4.33. The van der Waals surface area contributed by atoms with E-state index in [4.69, 9.17) is 34.8 Å². The van der Waals surface area contributed by atoms with Crippen LogP contribution in [-0.2, 0) is 4.74 Å². The van der Waals surface area contributed by atoms with Crippen molar-refractivity contribution in [3.63, 3.8) is 0 Å². The van der Waals surface area contributed by atoms with E-state index in [9.17, 15) is 0 Å². The highest BCUT2D eigenvalue weighted by atomic mass is 35.6. The number of halogens is 3. The summed E-state index contributed by atoms with van der Waals surface area (Å²) in [7, 11) is 0. The molecule has 0 fully saturated rings. The van der Waals surface area contributed by atoms with Gasteiger partial charge in [0.05, 0.1) is 13.2 Å². The van der Waals surface area contributed by atoms with E-state index < -0.39 is 3.79 Å². The first kappa shape index (κ1) is 8.83. The minimum atomic E-state index is -1.29. The molecule has 0 heterocycles. The number of ether oxygens (including phenoxy) is 1. The molecule has 0 amide bonds. The number of hydrogen-bond donors (Lipinski definition) is 0. The Hall–Kier alpha value is 0.830. The summed E-state index contributed by atoms with van der Waals surface area (Å²) in [6.45, 7) is 3.30. The average Bonchev–Trinajstić information content (AvgIpc) is 1.59. The maximum absolute atomic E-state index is 5.30. The quantitative estimate of drug-likeness (QED) is 0.588. The molecule has 0 aliphatic heterocycles. The van der Waals surface area contributed by atoms with Gasteiger partial charge in [-0.15, -0.1) is 0 Å². The zero-order chi connectivity index (χ0) is 6.62. The van der Waals surface area contributed by atoms with Crippen molar-refractivity contribution in [1.29, 1.82) is 0 Å². The van der Waals surface area contributed by atoms with Gasteiger partial charge in [0, 0.05) is 0 Å². The van der Waals surface area contributed by atoms with Crippen LogP contribution in [0.15, 0.2) is 0 Å². The minimum Gasteiger partial charge on any atom is -0.371 e. The fourth-order valence-electron chi connectivity index (χ4n) is 0.178. The van der Waals surface area contributed by atoms with Crippen LogP contribution < -0.4 is 0 Å². The molecule has 4 heteroatoms. The van der Waals surface area contributed by atoms with Crippen LogP contribution in [0, 0.1) is 6.61 Å².